The molecule has 0 saturated heterocycles. The van der Waals surface area contributed by atoms with Gasteiger partial charge in [-0.1, -0.05) is 18.5 Å². The van der Waals surface area contributed by atoms with Crippen molar-refractivity contribution in [3.8, 4) is 0 Å². The molecule has 1 atom stereocenters. The molecule has 0 bridgehead atoms. The molecule has 1 aromatic carbocycles. The lowest BCUT2D eigenvalue weighted by Gasteiger charge is -2.13. The first-order chi connectivity index (χ1) is 7.80. The molecule has 1 unspecified atom stereocenters. The van der Waals surface area contributed by atoms with E-state index in [-0.39, 0.29) is 16.3 Å². The number of hydrogen-bond acceptors (Lipinski definition) is 4. The van der Waals surface area contributed by atoms with E-state index in [2.05, 4.69) is 0 Å². The standard InChI is InChI=1S/C10H13ClN2O3S/c1-2-8(10(13)14)17(15,16)9-4-3-6(12)5-7(9)11/h3-5,8H,2,12H2,1H3,(H2,13,14). The second kappa shape index (κ2) is 4.93. The SMILES string of the molecule is CCC(C(N)=O)S(=O)(=O)c1ccc(N)cc1Cl. The number of nitrogen functional groups attached to an aromatic ring is 1. The first-order valence-electron chi connectivity index (χ1n) is 4.89. The highest BCUT2D eigenvalue weighted by molar-refractivity contribution is 7.93. The van der Waals surface area contributed by atoms with Crippen LogP contribution in [0.5, 0.6) is 0 Å². The van der Waals surface area contributed by atoms with Crippen molar-refractivity contribution < 1.29 is 13.2 Å². The van der Waals surface area contributed by atoms with Crippen LogP contribution in [-0.2, 0) is 14.6 Å². The highest BCUT2D eigenvalue weighted by Gasteiger charge is 2.32. The van der Waals surface area contributed by atoms with Crippen LogP contribution in [0, 0.1) is 0 Å². The average Bonchev–Trinajstić information content (AvgIpc) is 2.16. The third kappa shape index (κ3) is 2.70. The van der Waals surface area contributed by atoms with Crippen molar-refractivity contribution in [1.29, 1.82) is 0 Å². The Kier molecular flexibility index (Phi) is 4.00. The second-order valence-electron chi connectivity index (χ2n) is 3.53. The van der Waals surface area contributed by atoms with E-state index < -0.39 is 21.0 Å². The predicted molar refractivity (Wildman–Crippen MR) is 66.3 cm³/mol. The molecule has 0 aliphatic rings. The number of halogens is 1. The minimum atomic E-state index is -3.86. The number of benzene rings is 1. The summed E-state index contributed by atoms with van der Waals surface area (Å²) in [6.07, 6.45) is 0.0956. The van der Waals surface area contributed by atoms with Gasteiger partial charge in [0.1, 0.15) is 5.25 Å². The molecule has 0 radical (unpaired) electrons. The van der Waals surface area contributed by atoms with Crippen molar-refractivity contribution in [2.24, 2.45) is 5.73 Å². The number of primary amides is 1. The van der Waals surface area contributed by atoms with Crippen LogP contribution in [0.3, 0.4) is 0 Å². The molecule has 17 heavy (non-hydrogen) atoms. The molecular weight excluding hydrogens is 264 g/mol. The highest BCUT2D eigenvalue weighted by Crippen LogP contribution is 2.27. The molecule has 94 valence electrons. The number of carbonyl (C=O) groups is 1. The Hall–Kier alpha value is -1.27. The molecule has 0 saturated carbocycles. The van der Waals surface area contributed by atoms with Gasteiger partial charge in [0.25, 0.3) is 0 Å². The third-order valence-corrected chi connectivity index (χ3v) is 5.03. The summed E-state index contributed by atoms with van der Waals surface area (Å²) in [5.41, 5.74) is 10.9. The lowest BCUT2D eigenvalue weighted by atomic mass is 10.3. The molecule has 7 heteroatoms. The predicted octanol–water partition coefficient (Wildman–Crippen LogP) is 0.960. The van der Waals surface area contributed by atoms with Gasteiger partial charge in [-0.2, -0.15) is 0 Å². The molecule has 1 aromatic rings. The molecule has 1 rings (SSSR count). The number of amides is 1. The molecule has 0 aromatic heterocycles. The van der Waals surface area contributed by atoms with Crippen molar-refractivity contribution in [1.82, 2.24) is 0 Å². The van der Waals surface area contributed by atoms with E-state index >= 15 is 0 Å². The van der Waals surface area contributed by atoms with Crippen molar-refractivity contribution >= 4 is 33.0 Å². The van der Waals surface area contributed by atoms with Crippen LogP contribution in [0.1, 0.15) is 13.3 Å². The van der Waals surface area contributed by atoms with Crippen LogP contribution < -0.4 is 11.5 Å². The van der Waals surface area contributed by atoms with E-state index in [9.17, 15) is 13.2 Å². The highest BCUT2D eigenvalue weighted by atomic mass is 35.5. The van der Waals surface area contributed by atoms with Gasteiger partial charge in [0.15, 0.2) is 9.84 Å². The Labute approximate surface area is 105 Å². The maximum Gasteiger partial charge on any atom is 0.236 e. The Balaban J connectivity index is 3.35. The van der Waals surface area contributed by atoms with Crippen molar-refractivity contribution in [2.75, 3.05) is 5.73 Å². The molecule has 4 N–H and O–H groups in total. The molecule has 0 aliphatic heterocycles. The Morgan fingerprint density at radius 3 is 2.47 bits per heavy atom. The van der Waals surface area contributed by atoms with Gasteiger partial charge in [-0.25, -0.2) is 8.42 Å². The number of carbonyl (C=O) groups excluding carboxylic acids is 1. The minimum absolute atomic E-state index is 0.00954. The van der Waals surface area contributed by atoms with E-state index in [0.29, 0.717) is 5.69 Å². The third-order valence-electron chi connectivity index (χ3n) is 2.33. The lowest BCUT2D eigenvalue weighted by molar-refractivity contribution is -0.117. The quantitative estimate of drug-likeness (QED) is 0.799. The zero-order valence-electron chi connectivity index (χ0n) is 9.18. The zero-order valence-corrected chi connectivity index (χ0v) is 10.8. The van der Waals surface area contributed by atoms with Crippen molar-refractivity contribution in [3.05, 3.63) is 23.2 Å². The fourth-order valence-electron chi connectivity index (χ4n) is 1.47. The first-order valence-corrected chi connectivity index (χ1v) is 6.81. The van der Waals surface area contributed by atoms with Gasteiger partial charge >= 0.3 is 0 Å². The number of nitrogens with two attached hydrogens (primary N) is 2. The number of anilines is 1. The molecule has 0 aliphatic carbocycles. The van der Waals surface area contributed by atoms with Gasteiger partial charge < -0.3 is 11.5 Å². The summed E-state index contributed by atoms with van der Waals surface area (Å²) < 4.78 is 24.2. The summed E-state index contributed by atoms with van der Waals surface area (Å²) in [6, 6.07) is 4.01. The molecule has 0 heterocycles. The Morgan fingerprint density at radius 2 is 2.06 bits per heavy atom. The summed E-state index contributed by atoms with van der Waals surface area (Å²) >= 11 is 5.81. The maximum absolute atomic E-state index is 12.1. The van der Waals surface area contributed by atoms with Gasteiger partial charge in [-0.05, 0) is 24.6 Å². The van der Waals surface area contributed by atoms with Crippen LogP contribution >= 0.6 is 11.6 Å². The zero-order chi connectivity index (χ0) is 13.2. The largest absolute Gasteiger partial charge is 0.399 e. The van der Waals surface area contributed by atoms with Crippen LogP contribution in [0.15, 0.2) is 23.1 Å². The van der Waals surface area contributed by atoms with Gasteiger partial charge in [0.05, 0.1) is 9.92 Å². The molecular formula is C10H13ClN2O3S. The summed E-state index contributed by atoms with van der Waals surface area (Å²) in [5.74, 6) is -0.889. The molecule has 5 nitrogen and oxygen atoms in total. The van der Waals surface area contributed by atoms with Crippen molar-refractivity contribution in [2.45, 2.75) is 23.5 Å². The maximum atomic E-state index is 12.1. The summed E-state index contributed by atoms with van der Waals surface area (Å²) in [4.78, 5) is 11.0. The number of hydrogen-bond donors (Lipinski definition) is 2. The summed E-state index contributed by atoms with van der Waals surface area (Å²) in [7, 11) is -3.86. The van der Waals surface area contributed by atoms with Gasteiger partial charge in [-0.15, -0.1) is 0 Å². The van der Waals surface area contributed by atoms with Gasteiger partial charge in [-0.3, -0.25) is 4.79 Å². The topological polar surface area (TPSA) is 103 Å². The van der Waals surface area contributed by atoms with Crippen LogP contribution in [0.2, 0.25) is 5.02 Å². The van der Waals surface area contributed by atoms with Crippen LogP contribution in [0.25, 0.3) is 0 Å². The average molecular weight is 277 g/mol. The number of rotatable bonds is 4. The van der Waals surface area contributed by atoms with Crippen LogP contribution in [0.4, 0.5) is 5.69 Å². The van der Waals surface area contributed by atoms with E-state index in [0.717, 1.165) is 0 Å². The van der Waals surface area contributed by atoms with Gasteiger partial charge in [0, 0.05) is 5.69 Å². The number of sulfone groups is 1. The molecule has 0 fully saturated rings. The summed E-state index contributed by atoms with van der Waals surface area (Å²) in [6.45, 7) is 1.57. The van der Waals surface area contributed by atoms with Crippen LogP contribution in [-0.4, -0.2) is 19.6 Å². The monoisotopic (exact) mass is 276 g/mol. The van der Waals surface area contributed by atoms with E-state index in [1.165, 1.54) is 18.2 Å². The van der Waals surface area contributed by atoms with Crippen molar-refractivity contribution in [3.63, 3.8) is 0 Å². The molecule has 0 spiro atoms. The Bertz CT molecular complexity index is 542. The fourth-order valence-corrected chi connectivity index (χ4v) is 3.63. The Morgan fingerprint density at radius 1 is 1.47 bits per heavy atom. The minimum Gasteiger partial charge on any atom is -0.399 e. The van der Waals surface area contributed by atoms with E-state index in [1.54, 1.807) is 6.92 Å². The van der Waals surface area contributed by atoms with Gasteiger partial charge in [0.2, 0.25) is 5.91 Å². The fraction of sp³-hybridized carbons (Fsp3) is 0.300. The molecule has 1 amide bonds. The smallest absolute Gasteiger partial charge is 0.236 e. The lowest BCUT2D eigenvalue weighted by Crippen LogP contribution is -2.35. The first kappa shape index (κ1) is 13.8. The normalized spacial score (nSPS) is 13.3. The second-order valence-corrected chi connectivity index (χ2v) is 6.04. The van der Waals surface area contributed by atoms with E-state index in [4.69, 9.17) is 23.1 Å². The summed E-state index contributed by atoms with van der Waals surface area (Å²) in [5, 5.41) is -1.28. The van der Waals surface area contributed by atoms with E-state index in [1.807, 2.05) is 0 Å².